The maximum atomic E-state index is 12.1. The van der Waals surface area contributed by atoms with Gasteiger partial charge in [0.25, 0.3) is 0 Å². The first-order chi connectivity index (χ1) is 11.2. The first kappa shape index (κ1) is 14.5. The van der Waals surface area contributed by atoms with E-state index in [0.717, 1.165) is 18.5 Å². The Bertz CT molecular complexity index is 736. The third kappa shape index (κ3) is 2.67. The quantitative estimate of drug-likeness (QED) is 0.922. The first-order valence-corrected chi connectivity index (χ1v) is 8.50. The Morgan fingerprint density at radius 1 is 1.43 bits per heavy atom. The molecule has 0 radical (unpaired) electrons. The lowest BCUT2D eigenvalue weighted by Gasteiger charge is -2.12. The largest absolute Gasteiger partial charge is 0.356 e. The van der Waals surface area contributed by atoms with Gasteiger partial charge in [0.05, 0.1) is 6.20 Å². The highest BCUT2D eigenvalue weighted by molar-refractivity contribution is 5.76. The fourth-order valence-corrected chi connectivity index (χ4v) is 4.19. The predicted octanol–water partition coefficient (Wildman–Crippen LogP) is 2.37. The van der Waals surface area contributed by atoms with Crippen molar-refractivity contribution in [1.29, 1.82) is 0 Å². The summed E-state index contributed by atoms with van der Waals surface area (Å²) >= 11 is 0. The van der Waals surface area contributed by atoms with Crippen molar-refractivity contribution in [3.8, 4) is 0 Å². The zero-order valence-corrected chi connectivity index (χ0v) is 13.6. The van der Waals surface area contributed by atoms with Crippen molar-refractivity contribution in [2.24, 2.45) is 13.0 Å². The Morgan fingerprint density at radius 2 is 2.30 bits per heavy atom. The molecule has 0 unspecified atom stereocenters. The molecular weight excluding hydrogens is 286 g/mol. The number of nitrogens with one attached hydrogen (secondary N) is 1. The van der Waals surface area contributed by atoms with E-state index in [1.54, 1.807) is 4.68 Å². The molecule has 4 heteroatoms. The second-order valence-corrected chi connectivity index (χ2v) is 7.04. The van der Waals surface area contributed by atoms with Gasteiger partial charge in [-0.2, -0.15) is 5.10 Å². The highest BCUT2D eigenvalue weighted by atomic mass is 16.1. The average molecular weight is 309 g/mol. The molecule has 2 aliphatic carbocycles. The van der Waals surface area contributed by atoms with Crippen LogP contribution in [0.4, 0.5) is 0 Å². The van der Waals surface area contributed by atoms with Crippen LogP contribution in [-0.4, -0.2) is 22.2 Å². The predicted molar refractivity (Wildman–Crippen MR) is 89.1 cm³/mol. The van der Waals surface area contributed by atoms with Gasteiger partial charge in [-0.3, -0.25) is 9.48 Å². The van der Waals surface area contributed by atoms with Crippen LogP contribution in [0.15, 0.2) is 36.7 Å². The minimum Gasteiger partial charge on any atom is -0.356 e. The van der Waals surface area contributed by atoms with E-state index >= 15 is 0 Å². The summed E-state index contributed by atoms with van der Waals surface area (Å²) in [5.74, 6) is 0.774. The number of carbonyl (C=O) groups excluding carboxylic acids is 1. The second kappa shape index (κ2) is 5.52. The molecule has 2 aromatic rings. The number of nitrogens with zero attached hydrogens (tertiary/aromatic N) is 2. The highest BCUT2D eigenvalue weighted by Gasteiger charge is 2.57. The molecule has 1 heterocycles. The molecule has 23 heavy (non-hydrogen) atoms. The average Bonchev–Trinajstić information content (AvgIpc) is 2.89. The number of fused-ring (bicyclic) bond motifs is 2. The molecule has 120 valence electrons. The summed E-state index contributed by atoms with van der Waals surface area (Å²) in [6.45, 7) is 0.820. The summed E-state index contributed by atoms with van der Waals surface area (Å²) in [7, 11) is 1.90. The molecule has 1 aromatic heterocycles. The number of aryl methyl sites for hydroxylation is 3. The third-order valence-corrected chi connectivity index (χ3v) is 5.57. The Morgan fingerprint density at radius 3 is 3.13 bits per heavy atom. The monoisotopic (exact) mass is 309 g/mol. The van der Waals surface area contributed by atoms with Gasteiger partial charge in [0.15, 0.2) is 0 Å². The molecule has 2 aliphatic rings. The number of amides is 1. The van der Waals surface area contributed by atoms with Gasteiger partial charge in [0.2, 0.25) is 5.91 Å². The van der Waals surface area contributed by atoms with E-state index in [1.165, 1.54) is 30.4 Å². The minimum atomic E-state index is 0.155. The number of rotatable bonds is 5. The standard InChI is InChI=1S/C19H23N3O/c1-22-13-14(11-21-22)6-7-18(23)20-12-16-10-19(16)9-8-15-4-2-3-5-17(15)19/h2-5,11,13,16H,6-10,12H2,1H3,(H,20,23)/t16-,19-/m0/s1. The Hall–Kier alpha value is -2.10. The maximum absolute atomic E-state index is 12.1. The molecule has 1 spiro atoms. The smallest absolute Gasteiger partial charge is 0.220 e. The fourth-order valence-electron chi connectivity index (χ4n) is 4.19. The molecule has 0 aliphatic heterocycles. The molecule has 2 atom stereocenters. The Kier molecular flexibility index (Phi) is 3.47. The lowest BCUT2D eigenvalue weighted by Crippen LogP contribution is -2.27. The molecule has 1 amide bonds. The highest BCUT2D eigenvalue weighted by Crippen LogP contribution is 2.61. The van der Waals surface area contributed by atoms with Crippen LogP contribution < -0.4 is 5.32 Å². The zero-order chi connectivity index (χ0) is 15.9. The van der Waals surface area contributed by atoms with Crippen LogP contribution in [-0.2, 0) is 30.1 Å². The molecule has 1 saturated carbocycles. The molecule has 1 fully saturated rings. The van der Waals surface area contributed by atoms with Gasteiger partial charge in [-0.25, -0.2) is 0 Å². The van der Waals surface area contributed by atoms with Gasteiger partial charge in [-0.05, 0) is 48.3 Å². The van der Waals surface area contributed by atoms with Crippen molar-refractivity contribution in [3.63, 3.8) is 0 Å². The SMILES string of the molecule is Cn1cc(CCC(=O)NC[C@@H]2C[C@@]23CCc2ccccc23)cn1. The second-order valence-electron chi connectivity index (χ2n) is 7.04. The summed E-state index contributed by atoms with van der Waals surface area (Å²) in [6, 6.07) is 8.82. The Balaban J connectivity index is 1.27. The molecule has 0 bridgehead atoms. The molecule has 1 N–H and O–H groups in total. The van der Waals surface area contributed by atoms with Gasteiger partial charge in [0, 0.05) is 31.6 Å². The number of aromatic nitrogens is 2. The number of benzene rings is 1. The van der Waals surface area contributed by atoms with Crippen molar-refractivity contribution in [1.82, 2.24) is 15.1 Å². The van der Waals surface area contributed by atoms with Crippen LogP contribution in [0, 0.1) is 5.92 Å². The number of carbonyl (C=O) groups is 1. The number of hydrogen-bond acceptors (Lipinski definition) is 2. The van der Waals surface area contributed by atoms with Crippen molar-refractivity contribution < 1.29 is 4.79 Å². The molecular formula is C19H23N3O. The van der Waals surface area contributed by atoms with E-state index in [4.69, 9.17) is 0 Å². The normalized spacial score (nSPS) is 24.7. The van der Waals surface area contributed by atoms with E-state index < -0.39 is 0 Å². The molecule has 1 aromatic carbocycles. The summed E-state index contributed by atoms with van der Waals surface area (Å²) in [5, 5.41) is 7.27. The lowest BCUT2D eigenvalue weighted by atomic mass is 9.95. The summed E-state index contributed by atoms with van der Waals surface area (Å²) in [5.41, 5.74) is 4.54. The van der Waals surface area contributed by atoms with Crippen LogP contribution in [0.25, 0.3) is 0 Å². The minimum absolute atomic E-state index is 0.155. The lowest BCUT2D eigenvalue weighted by molar-refractivity contribution is -0.121. The van der Waals surface area contributed by atoms with Crippen molar-refractivity contribution in [3.05, 3.63) is 53.3 Å². The van der Waals surface area contributed by atoms with Crippen LogP contribution in [0.2, 0.25) is 0 Å². The topological polar surface area (TPSA) is 46.9 Å². The molecule has 0 saturated heterocycles. The van der Waals surface area contributed by atoms with Crippen LogP contribution in [0.1, 0.15) is 36.0 Å². The summed E-state index contributed by atoms with van der Waals surface area (Å²) < 4.78 is 1.78. The van der Waals surface area contributed by atoms with Gasteiger partial charge >= 0.3 is 0 Å². The summed E-state index contributed by atoms with van der Waals surface area (Å²) in [4.78, 5) is 12.1. The maximum Gasteiger partial charge on any atom is 0.220 e. The van der Waals surface area contributed by atoms with E-state index in [2.05, 4.69) is 34.7 Å². The Labute approximate surface area is 136 Å². The van der Waals surface area contributed by atoms with Crippen LogP contribution in [0.3, 0.4) is 0 Å². The first-order valence-electron chi connectivity index (χ1n) is 8.50. The van der Waals surface area contributed by atoms with Gasteiger partial charge < -0.3 is 5.32 Å². The molecule has 4 nitrogen and oxygen atoms in total. The zero-order valence-electron chi connectivity index (χ0n) is 13.6. The van der Waals surface area contributed by atoms with Gasteiger partial charge in [0.1, 0.15) is 0 Å². The van der Waals surface area contributed by atoms with Gasteiger partial charge in [-0.1, -0.05) is 24.3 Å². The fraction of sp³-hybridized carbons (Fsp3) is 0.474. The van der Waals surface area contributed by atoms with E-state index in [1.807, 2.05) is 19.4 Å². The number of hydrogen-bond donors (Lipinski definition) is 1. The van der Waals surface area contributed by atoms with E-state index in [-0.39, 0.29) is 5.91 Å². The van der Waals surface area contributed by atoms with Crippen molar-refractivity contribution in [2.45, 2.75) is 37.5 Å². The van der Waals surface area contributed by atoms with Crippen LogP contribution in [0.5, 0.6) is 0 Å². The summed E-state index contributed by atoms with van der Waals surface area (Å²) in [6.07, 6.45) is 8.79. The molecule has 4 rings (SSSR count). The van der Waals surface area contributed by atoms with Crippen molar-refractivity contribution >= 4 is 5.91 Å². The van der Waals surface area contributed by atoms with E-state index in [9.17, 15) is 4.79 Å². The van der Waals surface area contributed by atoms with Crippen molar-refractivity contribution in [2.75, 3.05) is 6.54 Å². The van der Waals surface area contributed by atoms with Gasteiger partial charge in [-0.15, -0.1) is 0 Å². The third-order valence-electron chi connectivity index (χ3n) is 5.57. The van der Waals surface area contributed by atoms with Crippen LogP contribution >= 0.6 is 0 Å². The van der Waals surface area contributed by atoms with E-state index in [0.29, 0.717) is 17.8 Å².